The van der Waals surface area contributed by atoms with Crippen molar-refractivity contribution in [1.82, 2.24) is 4.90 Å². The highest BCUT2D eigenvalue weighted by Crippen LogP contribution is 2.26. The van der Waals surface area contributed by atoms with Crippen LogP contribution in [0.25, 0.3) is 0 Å². The van der Waals surface area contributed by atoms with Gasteiger partial charge in [-0.15, -0.1) is 0 Å². The molecule has 3 unspecified atom stereocenters. The van der Waals surface area contributed by atoms with Crippen molar-refractivity contribution in [3.8, 4) is 0 Å². The normalized spacial score (nSPS) is 29.3. The molecule has 1 aliphatic rings. The predicted octanol–water partition coefficient (Wildman–Crippen LogP) is 2.11. The molecule has 3 atom stereocenters. The van der Waals surface area contributed by atoms with E-state index in [1.165, 1.54) is 19.5 Å². The Morgan fingerprint density at radius 1 is 1.35 bits per heavy atom. The molecule has 0 spiro atoms. The lowest BCUT2D eigenvalue weighted by atomic mass is 9.86. The Labute approximate surface area is 107 Å². The molecular formula is C14H30N2O. The Bertz CT molecular complexity index is 230. The Kier molecular flexibility index (Phi) is 5.42. The lowest BCUT2D eigenvalue weighted by Crippen LogP contribution is -2.50. The van der Waals surface area contributed by atoms with Crippen LogP contribution in [0.1, 0.15) is 40.5 Å². The van der Waals surface area contributed by atoms with Gasteiger partial charge in [0.1, 0.15) is 0 Å². The highest BCUT2D eigenvalue weighted by molar-refractivity contribution is 4.85. The molecule has 3 nitrogen and oxygen atoms in total. The Morgan fingerprint density at radius 2 is 2.00 bits per heavy atom. The number of hydrogen-bond acceptors (Lipinski definition) is 3. The van der Waals surface area contributed by atoms with Crippen LogP contribution >= 0.6 is 0 Å². The number of likely N-dealkylation sites (tertiary alicyclic amines) is 1. The minimum absolute atomic E-state index is 0.0731. The summed E-state index contributed by atoms with van der Waals surface area (Å²) in [6, 6.07) is 0.458. The summed E-state index contributed by atoms with van der Waals surface area (Å²) in [5.74, 6) is 1.63. The summed E-state index contributed by atoms with van der Waals surface area (Å²) in [7, 11) is 1.79. The number of piperidine rings is 1. The molecular weight excluding hydrogens is 212 g/mol. The van der Waals surface area contributed by atoms with Gasteiger partial charge in [-0.1, -0.05) is 13.8 Å². The summed E-state index contributed by atoms with van der Waals surface area (Å²) in [5.41, 5.74) is 5.88. The zero-order valence-corrected chi connectivity index (χ0v) is 12.2. The minimum Gasteiger partial charge on any atom is -0.379 e. The molecule has 3 heteroatoms. The van der Waals surface area contributed by atoms with E-state index in [9.17, 15) is 0 Å². The van der Waals surface area contributed by atoms with Crippen molar-refractivity contribution >= 4 is 0 Å². The van der Waals surface area contributed by atoms with Crippen molar-refractivity contribution in [2.75, 3.05) is 26.7 Å². The number of hydrogen-bond donors (Lipinski definition) is 1. The van der Waals surface area contributed by atoms with E-state index in [0.717, 1.165) is 24.8 Å². The number of nitrogens with two attached hydrogens (primary N) is 1. The second-order valence-corrected chi connectivity index (χ2v) is 6.30. The molecule has 0 radical (unpaired) electrons. The van der Waals surface area contributed by atoms with Gasteiger partial charge in [0.2, 0.25) is 0 Å². The molecule has 1 heterocycles. The number of rotatable bonds is 5. The van der Waals surface area contributed by atoms with Crippen LogP contribution in [0.2, 0.25) is 0 Å². The van der Waals surface area contributed by atoms with Crippen LogP contribution < -0.4 is 5.73 Å². The predicted molar refractivity (Wildman–Crippen MR) is 73.1 cm³/mol. The van der Waals surface area contributed by atoms with Gasteiger partial charge in [-0.25, -0.2) is 0 Å². The fourth-order valence-corrected chi connectivity index (χ4v) is 2.64. The van der Waals surface area contributed by atoms with Gasteiger partial charge in [0.05, 0.1) is 5.60 Å². The largest absolute Gasteiger partial charge is 0.379 e. The molecule has 0 saturated carbocycles. The second kappa shape index (κ2) is 6.17. The van der Waals surface area contributed by atoms with Gasteiger partial charge in [0, 0.05) is 26.2 Å². The molecule has 0 aromatic rings. The third kappa shape index (κ3) is 4.23. The maximum absolute atomic E-state index is 5.95. The molecule has 0 aromatic heterocycles. The summed E-state index contributed by atoms with van der Waals surface area (Å²) in [4.78, 5) is 2.56. The van der Waals surface area contributed by atoms with Crippen LogP contribution in [0.15, 0.2) is 0 Å². The summed E-state index contributed by atoms with van der Waals surface area (Å²) in [6.07, 6.45) is 2.31. The van der Waals surface area contributed by atoms with E-state index >= 15 is 0 Å². The topological polar surface area (TPSA) is 38.5 Å². The van der Waals surface area contributed by atoms with E-state index < -0.39 is 0 Å². The zero-order valence-electron chi connectivity index (χ0n) is 12.2. The first kappa shape index (κ1) is 14.9. The van der Waals surface area contributed by atoms with Crippen molar-refractivity contribution in [3.05, 3.63) is 0 Å². The Balaban J connectivity index is 2.56. The fraction of sp³-hybridized carbons (Fsp3) is 1.00. The second-order valence-electron chi connectivity index (χ2n) is 6.30. The zero-order chi connectivity index (χ0) is 13.1. The SMILES string of the molecule is COC(C)(C)CC(CN)N1CCC(C)C(C)C1. The van der Waals surface area contributed by atoms with Gasteiger partial charge in [-0.3, -0.25) is 4.90 Å². The van der Waals surface area contributed by atoms with Crippen molar-refractivity contribution in [1.29, 1.82) is 0 Å². The van der Waals surface area contributed by atoms with Crippen LogP contribution in [-0.2, 0) is 4.74 Å². The van der Waals surface area contributed by atoms with E-state index in [-0.39, 0.29) is 5.60 Å². The third-order valence-corrected chi connectivity index (χ3v) is 4.43. The first-order valence-electron chi connectivity index (χ1n) is 6.89. The monoisotopic (exact) mass is 242 g/mol. The minimum atomic E-state index is -0.0731. The van der Waals surface area contributed by atoms with Crippen molar-refractivity contribution < 1.29 is 4.74 Å². The number of ether oxygens (including phenoxy) is 1. The molecule has 1 saturated heterocycles. The van der Waals surface area contributed by atoms with Gasteiger partial charge in [-0.05, 0) is 45.1 Å². The standard InChI is InChI=1S/C14H30N2O/c1-11-6-7-16(10-12(11)2)13(9-15)8-14(3,4)17-5/h11-13H,6-10,15H2,1-5H3. The van der Waals surface area contributed by atoms with Gasteiger partial charge in [-0.2, -0.15) is 0 Å². The maximum atomic E-state index is 5.95. The summed E-state index contributed by atoms with van der Waals surface area (Å²) in [6.45, 7) is 12.1. The average molecular weight is 242 g/mol. The molecule has 1 aliphatic heterocycles. The van der Waals surface area contributed by atoms with Crippen molar-refractivity contribution in [2.24, 2.45) is 17.6 Å². The highest BCUT2D eigenvalue weighted by Gasteiger charge is 2.30. The number of methoxy groups -OCH3 is 1. The van der Waals surface area contributed by atoms with Crippen LogP contribution in [0.4, 0.5) is 0 Å². The molecule has 0 bridgehead atoms. The van der Waals surface area contributed by atoms with E-state index in [2.05, 4.69) is 32.6 Å². The van der Waals surface area contributed by atoms with Crippen LogP contribution in [0.5, 0.6) is 0 Å². The van der Waals surface area contributed by atoms with E-state index in [1.54, 1.807) is 7.11 Å². The lowest BCUT2D eigenvalue weighted by Gasteiger charge is -2.42. The van der Waals surface area contributed by atoms with Gasteiger partial charge in [0.15, 0.2) is 0 Å². The van der Waals surface area contributed by atoms with Crippen LogP contribution in [-0.4, -0.2) is 43.3 Å². The molecule has 102 valence electrons. The van der Waals surface area contributed by atoms with Gasteiger partial charge < -0.3 is 10.5 Å². The van der Waals surface area contributed by atoms with Crippen molar-refractivity contribution in [3.63, 3.8) is 0 Å². The highest BCUT2D eigenvalue weighted by atomic mass is 16.5. The van der Waals surface area contributed by atoms with Gasteiger partial charge >= 0.3 is 0 Å². The van der Waals surface area contributed by atoms with Gasteiger partial charge in [0.25, 0.3) is 0 Å². The van der Waals surface area contributed by atoms with E-state index in [1.807, 2.05) is 0 Å². The first-order chi connectivity index (χ1) is 7.89. The third-order valence-electron chi connectivity index (χ3n) is 4.43. The molecule has 0 aromatic carbocycles. The first-order valence-corrected chi connectivity index (χ1v) is 6.89. The lowest BCUT2D eigenvalue weighted by molar-refractivity contribution is -0.0163. The van der Waals surface area contributed by atoms with E-state index in [4.69, 9.17) is 10.5 Å². The molecule has 17 heavy (non-hydrogen) atoms. The quantitative estimate of drug-likeness (QED) is 0.802. The summed E-state index contributed by atoms with van der Waals surface area (Å²) < 4.78 is 5.53. The summed E-state index contributed by atoms with van der Waals surface area (Å²) >= 11 is 0. The van der Waals surface area contributed by atoms with Crippen LogP contribution in [0.3, 0.4) is 0 Å². The summed E-state index contributed by atoms with van der Waals surface area (Å²) in [5, 5.41) is 0. The molecule has 0 amide bonds. The van der Waals surface area contributed by atoms with Crippen LogP contribution in [0, 0.1) is 11.8 Å². The average Bonchev–Trinajstić information content (AvgIpc) is 2.30. The van der Waals surface area contributed by atoms with Crippen molar-refractivity contribution in [2.45, 2.75) is 52.2 Å². The molecule has 1 fully saturated rings. The smallest absolute Gasteiger partial charge is 0.0638 e. The molecule has 2 N–H and O–H groups in total. The Morgan fingerprint density at radius 3 is 2.47 bits per heavy atom. The molecule has 1 rings (SSSR count). The maximum Gasteiger partial charge on any atom is 0.0638 e. The number of nitrogens with zero attached hydrogens (tertiary/aromatic N) is 1. The Hall–Kier alpha value is -0.120. The fourth-order valence-electron chi connectivity index (χ4n) is 2.64. The van der Waals surface area contributed by atoms with E-state index in [0.29, 0.717) is 6.04 Å². The molecule has 0 aliphatic carbocycles.